The van der Waals surface area contributed by atoms with Gasteiger partial charge in [-0.25, -0.2) is 0 Å². The Labute approximate surface area is 107 Å². The second-order valence-corrected chi connectivity index (χ2v) is 4.27. The molecule has 1 N–H and O–H groups in total. The van der Waals surface area contributed by atoms with Gasteiger partial charge in [-0.2, -0.15) is 0 Å². The third-order valence-electron chi connectivity index (χ3n) is 2.95. The molecule has 0 saturated heterocycles. The monoisotopic (exact) mass is 240 g/mol. The molecule has 0 aliphatic rings. The number of carbonyl (C=O) groups excluding carboxylic acids is 1. The number of amides is 1. The number of aromatic nitrogens is 1. The van der Waals surface area contributed by atoms with Gasteiger partial charge in [0.2, 0.25) is 0 Å². The molecule has 3 nitrogen and oxygen atoms in total. The minimum absolute atomic E-state index is 0.110. The van der Waals surface area contributed by atoms with Crippen molar-refractivity contribution in [2.75, 3.05) is 7.05 Å². The number of nitrogens with zero attached hydrogens (tertiary/aromatic N) is 1. The third-order valence-corrected chi connectivity index (χ3v) is 2.95. The fourth-order valence-electron chi connectivity index (χ4n) is 1.97. The SMILES string of the molecule is CNC(=O)c1cnc(C)cc1-c1ccccc1C. The topological polar surface area (TPSA) is 42.0 Å². The highest BCUT2D eigenvalue weighted by atomic mass is 16.1. The van der Waals surface area contributed by atoms with Crippen molar-refractivity contribution in [2.24, 2.45) is 0 Å². The molecular weight excluding hydrogens is 224 g/mol. The Kier molecular flexibility index (Phi) is 3.42. The predicted molar refractivity (Wildman–Crippen MR) is 72.5 cm³/mol. The molecule has 0 unspecified atom stereocenters. The molecule has 1 aromatic heterocycles. The van der Waals surface area contributed by atoms with Gasteiger partial charge in [0.1, 0.15) is 0 Å². The van der Waals surface area contributed by atoms with Crippen LogP contribution in [0.4, 0.5) is 0 Å². The fourth-order valence-corrected chi connectivity index (χ4v) is 1.97. The van der Waals surface area contributed by atoms with E-state index in [2.05, 4.69) is 10.3 Å². The summed E-state index contributed by atoms with van der Waals surface area (Å²) in [6.45, 7) is 3.97. The Morgan fingerprint density at radius 3 is 2.56 bits per heavy atom. The van der Waals surface area contributed by atoms with Crippen molar-refractivity contribution >= 4 is 5.91 Å². The Morgan fingerprint density at radius 1 is 1.17 bits per heavy atom. The molecule has 0 aliphatic carbocycles. The lowest BCUT2D eigenvalue weighted by molar-refractivity contribution is 0.0963. The van der Waals surface area contributed by atoms with E-state index in [9.17, 15) is 4.79 Å². The van der Waals surface area contributed by atoms with Gasteiger partial charge in [-0.3, -0.25) is 9.78 Å². The molecule has 0 saturated carbocycles. The number of hydrogen-bond donors (Lipinski definition) is 1. The van der Waals surface area contributed by atoms with E-state index < -0.39 is 0 Å². The van der Waals surface area contributed by atoms with Crippen LogP contribution in [-0.2, 0) is 0 Å². The minimum Gasteiger partial charge on any atom is -0.355 e. The highest BCUT2D eigenvalue weighted by Gasteiger charge is 2.13. The molecule has 1 heterocycles. The van der Waals surface area contributed by atoms with Crippen LogP contribution in [0.2, 0.25) is 0 Å². The van der Waals surface area contributed by atoms with Gasteiger partial charge in [-0.1, -0.05) is 24.3 Å². The summed E-state index contributed by atoms with van der Waals surface area (Å²) in [6, 6.07) is 9.99. The van der Waals surface area contributed by atoms with Gasteiger partial charge in [0.05, 0.1) is 5.56 Å². The molecule has 3 heteroatoms. The molecule has 2 aromatic rings. The molecule has 92 valence electrons. The van der Waals surface area contributed by atoms with E-state index in [0.29, 0.717) is 5.56 Å². The second kappa shape index (κ2) is 5.00. The van der Waals surface area contributed by atoms with E-state index in [-0.39, 0.29) is 5.91 Å². The zero-order chi connectivity index (χ0) is 13.1. The van der Waals surface area contributed by atoms with Crippen LogP contribution in [0.25, 0.3) is 11.1 Å². The average molecular weight is 240 g/mol. The van der Waals surface area contributed by atoms with Crippen molar-refractivity contribution in [3.8, 4) is 11.1 Å². The molecule has 0 bridgehead atoms. The van der Waals surface area contributed by atoms with Crippen LogP contribution in [-0.4, -0.2) is 17.9 Å². The Bertz CT molecular complexity index is 591. The summed E-state index contributed by atoms with van der Waals surface area (Å²) in [5.41, 5.74) is 4.66. The van der Waals surface area contributed by atoms with Crippen LogP contribution < -0.4 is 5.32 Å². The van der Waals surface area contributed by atoms with Crippen LogP contribution >= 0.6 is 0 Å². The van der Waals surface area contributed by atoms with E-state index in [1.165, 1.54) is 0 Å². The van der Waals surface area contributed by atoms with E-state index >= 15 is 0 Å². The third kappa shape index (κ3) is 2.25. The maximum absolute atomic E-state index is 11.9. The highest BCUT2D eigenvalue weighted by molar-refractivity contribution is 6.00. The summed E-state index contributed by atoms with van der Waals surface area (Å²) >= 11 is 0. The van der Waals surface area contributed by atoms with Crippen molar-refractivity contribution in [1.29, 1.82) is 0 Å². The largest absolute Gasteiger partial charge is 0.355 e. The maximum Gasteiger partial charge on any atom is 0.253 e. The lowest BCUT2D eigenvalue weighted by Crippen LogP contribution is -2.19. The number of pyridine rings is 1. The van der Waals surface area contributed by atoms with Gasteiger partial charge < -0.3 is 5.32 Å². The van der Waals surface area contributed by atoms with E-state index in [1.54, 1.807) is 13.2 Å². The molecule has 0 fully saturated rings. The van der Waals surface area contributed by atoms with Gasteiger partial charge >= 0.3 is 0 Å². The average Bonchev–Trinajstić information content (AvgIpc) is 2.38. The van der Waals surface area contributed by atoms with Crippen LogP contribution in [0.3, 0.4) is 0 Å². The maximum atomic E-state index is 11.9. The van der Waals surface area contributed by atoms with Crippen molar-refractivity contribution in [1.82, 2.24) is 10.3 Å². The van der Waals surface area contributed by atoms with Gasteiger partial charge in [0.25, 0.3) is 5.91 Å². The first kappa shape index (κ1) is 12.3. The first-order chi connectivity index (χ1) is 8.63. The molecule has 1 amide bonds. The van der Waals surface area contributed by atoms with Crippen LogP contribution in [0.5, 0.6) is 0 Å². The van der Waals surface area contributed by atoms with Gasteiger partial charge in [0.15, 0.2) is 0 Å². The standard InChI is InChI=1S/C15H16N2O/c1-10-6-4-5-7-12(10)13-8-11(2)17-9-14(13)15(18)16-3/h4-9H,1-3H3,(H,16,18). The van der Waals surface area contributed by atoms with Crippen LogP contribution in [0.1, 0.15) is 21.6 Å². The fraction of sp³-hybridized carbons (Fsp3) is 0.200. The molecule has 0 atom stereocenters. The smallest absolute Gasteiger partial charge is 0.253 e. The Hall–Kier alpha value is -2.16. The van der Waals surface area contributed by atoms with E-state index in [0.717, 1.165) is 22.4 Å². The summed E-state index contributed by atoms with van der Waals surface area (Å²) in [6.07, 6.45) is 1.63. The number of carbonyl (C=O) groups is 1. The van der Waals surface area contributed by atoms with E-state index in [4.69, 9.17) is 0 Å². The summed E-state index contributed by atoms with van der Waals surface area (Å²) in [5, 5.41) is 2.65. The van der Waals surface area contributed by atoms with Crippen molar-refractivity contribution in [2.45, 2.75) is 13.8 Å². The summed E-state index contributed by atoms with van der Waals surface area (Å²) in [5.74, 6) is -0.110. The second-order valence-electron chi connectivity index (χ2n) is 4.27. The molecular formula is C15H16N2O. The van der Waals surface area contributed by atoms with Crippen LogP contribution in [0, 0.1) is 13.8 Å². The lowest BCUT2D eigenvalue weighted by Gasteiger charge is -2.11. The zero-order valence-corrected chi connectivity index (χ0v) is 10.8. The van der Waals surface area contributed by atoms with E-state index in [1.807, 2.05) is 44.2 Å². The highest BCUT2D eigenvalue weighted by Crippen LogP contribution is 2.26. The summed E-state index contributed by atoms with van der Waals surface area (Å²) in [7, 11) is 1.63. The number of hydrogen-bond acceptors (Lipinski definition) is 2. The molecule has 2 rings (SSSR count). The van der Waals surface area contributed by atoms with Gasteiger partial charge in [-0.05, 0) is 36.6 Å². The quantitative estimate of drug-likeness (QED) is 0.877. The Balaban J connectivity index is 2.66. The first-order valence-electron chi connectivity index (χ1n) is 5.88. The summed E-state index contributed by atoms with van der Waals surface area (Å²) in [4.78, 5) is 16.1. The normalized spacial score (nSPS) is 10.2. The number of rotatable bonds is 2. The zero-order valence-electron chi connectivity index (χ0n) is 10.8. The predicted octanol–water partition coefficient (Wildman–Crippen LogP) is 2.73. The Morgan fingerprint density at radius 2 is 1.89 bits per heavy atom. The molecule has 1 aromatic carbocycles. The van der Waals surface area contributed by atoms with Gasteiger partial charge in [-0.15, -0.1) is 0 Å². The number of nitrogens with one attached hydrogen (secondary N) is 1. The minimum atomic E-state index is -0.110. The molecule has 0 aliphatic heterocycles. The van der Waals surface area contributed by atoms with Crippen molar-refractivity contribution in [3.63, 3.8) is 0 Å². The molecule has 0 radical (unpaired) electrons. The first-order valence-corrected chi connectivity index (χ1v) is 5.88. The van der Waals surface area contributed by atoms with Gasteiger partial charge in [0, 0.05) is 18.9 Å². The lowest BCUT2D eigenvalue weighted by atomic mass is 9.96. The van der Waals surface area contributed by atoms with Crippen LogP contribution in [0.15, 0.2) is 36.5 Å². The van der Waals surface area contributed by atoms with Crippen molar-refractivity contribution < 1.29 is 4.79 Å². The van der Waals surface area contributed by atoms with Crippen molar-refractivity contribution in [3.05, 3.63) is 53.3 Å². The number of benzene rings is 1. The molecule has 18 heavy (non-hydrogen) atoms. The summed E-state index contributed by atoms with van der Waals surface area (Å²) < 4.78 is 0. The molecule has 0 spiro atoms. The number of aryl methyl sites for hydroxylation is 2.